The largest absolute Gasteiger partial charge is 0.390 e. The van der Waals surface area contributed by atoms with Gasteiger partial charge in [-0.2, -0.15) is 0 Å². The number of imidazole rings is 1. The normalized spacial score (nSPS) is 10.3. The smallest absolute Gasteiger partial charge is 0.105 e. The van der Waals surface area contributed by atoms with Gasteiger partial charge in [0.1, 0.15) is 5.82 Å². The summed E-state index contributed by atoms with van der Waals surface area (Å²) in [4.78, 5) is 4.06. The molecule has 1 N–H and O–H groups in total. The molecule has 0 saturated heterocycles. The maximum Gasteiger partial charge on any atom is 0.105 e. The number of aliphatic hydroxyl groups is 1. The monoisotopic (exact) mass is 140 g/mol. The van der Waals surface area contributed by atoms with Crippen LogP contribution in [0.25, 0.3) is 0 Å². The van der Waals surface area contributed by atoms with E-state index in [1.807, 2.05) is 18.4 Å². The summed E-state index contributed by atoms with van der Waals surface area (Å²) in [6, 6.07) is 0. The van der Waals surface area contributed by atoms with Crippen LogP contribution in [-0.4, -0.2) is 14.7 Å². The van der Waals surface area contributed by atoms with Crippen molar-refractivity contribution in [3.63, 3.8) is 0 Å². The molecule has 0 aliphatic carbocycles. The van der Waals surface area contributed by atoms with Crippen LogP contribution in [0.2, 0.25) is 0 Å². The van der Waals surface area contributed by atoms with E-state index in [0.29, 0.717) is 0 Å². The van der Waals surface area contributed by atoms with Gasteiger partial charge in [0.15, 0.2) is 0 Å². The van der Waals surface area contributed by atoms with Crippen molar-refractivity contribution in [2.45, 2.75) is 27.0 Å². The van der Waals surface area contributed by atoms with Gasteiger partial charge in [0.25, 0.3) is 0 Å². The minimum Gasteiger partial charge on any atom is -0.390 e. The predicted octanol–water partition coefficient (Wildman–Crippen LogP) is 0.704. The second kappa shape index (κ2) is 2.84. The van der Waals surface area contributed by atoms with E-state index in [2.05, 4.69) is 4.98 Å². The van der Waals surface area contributed by atoms with Crippen molar-refractivity contribution in [3.8, 4) is 0 Å². The average Bonchev–Trinajstić information content (AvgIpc) is 2.30. The van der Waals surface area contributed by atoms with Gasteiger partial charge in [0, 0.05) is 6.54 Å². The van der Waals surface area contributed by atoms with Gasteiger partial charge < -0.3 is 9.67 Å². The van der Waals surface area contributed by atoms with E-state index in [0.717, 1.165) is 18.1 Å². The first-order valence-electron chi connectivity index (χ1n) is 3.41. The average molecular weight is 140 g/mol. The van der Waals surface area contributed by atoms with E-state index in [9.17, 15) is 0 Å². The van der Waals surface area contributed by atoms with Crippen LogP contribution in [0, 0.1) is 6.92 Å². The quantitative estimate of drug-likeness (QED) is 0.656. The van der Waals surface area contributed by atoms with E-state index in [1.54, 1.807) is 6.20 Å². The van der Waals surface area contributed by atoms with Crippen LogP contribution in [-0.2, 0) is 13.2 Å². The number of aliphatic hydroxyl groups excluding tert-OH is 1. The summed E-state index contributed by atoms with van der Waals surface area (Å²) >= 11 is 0. The molecule has 0 atom stereocenters. The molecule has 0 fully saturated rings. The van der Waals surface area contributed by atoms with Gasteiger partial charge in [-0.05, 0) is 13.8 Å². The molecule has 56 valence electrons. The molecule has 0 unspecified atom stereocenters. The van der Waals surface area contributed by atoms with E-state index >= 15 is 0 Å². The molecule has 1 heterocycles. The Morgan fingerprint density at radius 3 is 2.80 bits per heavy atom. The first kappa shape index (κ1) is 7.28. The Hall–Kier alpha value is -0.830. The fourth-order valence-electron chi connectivity index (χ4n) is 1.07. The summed E-state index contributed by atoms with van der Waals surface area (Å²) in [7, 11) is 0. The lowest BCUT2D eigenvalue weighted by Gasteiger charge is -2.02. The molecule has 0 aliphatic rings. The Labute approximate surface area is 60.3 Å². The van der Waals surface area contributed by atoms with Gasteiger partial charge in [0.2, 0.25) is 0 Å². The summed E-state index contributed by atoms with van der Waals surface area (Å²) < 4.78 is 1.99. The van der Waals surface area contributed by atoms with E-state index in [1.165, 1.54) is 0 Å². The van der Waals surface area contributed by atoms with Gasteiger partial charge in [-0.15, -0.1) is 0 Å². The fourth-order valence-corrected chi connectivity index (χ4v) is 1.07. The molecule has 0 aliphatic heterocycles. The highest BCUT2D eigenvalue weighted by atomic mass is 16.3. The number of hydrogen-bond donors (Lipinski definition) is 1. The van der Waals surface area contributed by atoms with E-state index < -0.39 is 0 Å². The summed E-state index contributed by atoms with van der Waals surface area (Å²) in [5.41, 5.74) is 0.889. The first-order valence-corrected chi connectivity index (χ1v) is 3.41. The zero-order valence-corrected chi connectivity index (χ0v) is 6.33. The number of rotatable bonds is 2. The highest BCUT2D eigenvalue weighted by Crippen LogP contribution is 2.03. The molecule has 0 amide bonds. The first-order chi connectivity index (χ1) is 4.79. The lowest BCUT2D eigenvalue weighted by atomic mass is 10.5. The molecule has 0 radical (unpaired) electrons. The zero-order valence-electron chi connectivity index (χ0n) is 6.33. The minimum atomic E-state index is 0.0781. The Bertz CT molecular complexity index is 217. The Kier molecular flexibility index (Phi) is 2.06. The summed E-state index contributed by atoms with van der Waals surface area (Å²) in [6.07, 6.45) is 1.71. The van der Waals surface area contributed by atoms with Crippen LogP contribution in [0.5, 0.6) is 0 Å². The van der Waals surface area contributed by atoms with Crippen molar-refractivity contribution in [1.82, 2.24) is 9.55 Å². The van der Waals surface area contributed by atoms with Crippen molar-refractivity contribution >= 4 is 0 Å². The molecule has 0 aromatic carbocycles. The molecular formula is C7H12N2O. The second-order valence-corrected chi connectivity index (χ2v) is 2.20. The van der Waals surface area contributed by atoms with Gasteiger partial charge in [-0.25, -0.2) is 4.98 Å². The van der Waals surface area contributed by atoms with Crippen LogP contribution in [0.15, 0.2) is 6.20 Å². The highest BCUT2D eigenvalue weighted by Gasteiger charge is 2.01. The maximum absolute atomic E-state index is 8.80. The molecule has 3 nitrogen and oxygen atoms in total. The van der Waals surface area contributed by atoms with E-state index in [4.69, 9.17) is 5.11 Å². The van der Waals surface area contributed by atoms with Crippen molar-refractivity contribution in [3.05, 3.63) is 17.7 Å². The van der Waals surface area contributed by atoms with Crippen LogP contribution >= 0.6 is 0 Å². The molecule has 0 spiro atoms. The molecule has 10 heavy (non-hydrogen) atoms. The number of aromatic nitrogens is 2. The topological polar surface area (TPSA) is 38.0 Å². The third-order valence-electron chi connectivity index (χ3n) is 1.62. The van der Waals surface area contributed by atoms with Crippen LogP contribution < -0.4 is 0 Å². The van der Waals surface area contributed by atoms with Crippen molar-refractivity contribution < 1.29 is 5.11 Å². The molecule has 0 bridgehead atoms. The molecule has 1 aromatic heterocycles. The molecule has 1 aromatic rings. The maximum atomic E-state index is 8.80. The van der Waals surface area contributed by atoms with Gasteiger partial charge >= 0.3 is 0 Å². The molecule has 3 heteroatoms. The fraction of sp³-hybridized carbons (Fsp3) is 0.571. The third kappa shape index (κ3) is 1.04. The number of aryl methyl sites for hydroxylation is 1. The summed E-state index contributed by atoms with van der Waals surface area (Å²) in [6.45, 7) is 4.92. The van der Waals surface area contributed by atoms with Gasteiger partial charge in [-0.1, -0.05) is 0 Å². The second-order valence-electron chi connectivity index (χ2n) is 2.20. The van der Waals surface area contributed by atoms with Gasteiger partial charge in [-0.3, -0.25) is 0 Å². The van der Waals surface area contributed by atoms with Gasteiger partial charge in [0.05, 0.1) is 18.5 Å². The minimum absolute atomic E-state index is 0.0781. The van der Waals surface area contributed by atoms with Crippen molar-refractivity contribution in [2.24, 2.45) is 0 Å². The number of hydrogen-bond acceptors (Lipinski definition) is 2. The molecular weight excluding hydrogens is 128 g/mol. The Morgan fingerprint density at radius 2 is 2.40 bits per heavy atom. The van der Waals surface area contributed by atoms with Crippen LogP contribution in [0.3, 0.4) is 0 Å². The Balaban J connectivity index is 3.01. The molecule has 1 rings (SSSR count). The lowest BCUT2D eigenvalue weighted by molar-refractivity contribution is 0.270. The zero-order chi connectivity index (χ0) is 7.56. The predicted molar refractivity (Wildman–Crippen MR) is 38.6 cm³/mol. The highest BCUT2D eigenvalue weighted by molar-refractivity contribution is 5.02. The van der Waals surface area contributed by atoms with E-state index in [-0.39, 0.29) is 6.61 Å². The SMILES string of the molecule is CCn1c(CO)cnc1C. The van der Waals surface area contributed by atoms with Crippen LogP contribution in [0.1, 0.15) is 18.4 Å². The third-order valence-corrected chi connectivity index (χ3v) is 1.62. The summed E-state index contributed by atoms with van der Waals surface area (Å²) in [5.74, 6) is 0.964. The molecule has 0 saturated carbocycles. The van der Waals surface area contributed by atoms with Crippen molar-refractivity contribution in [1.29, 1.82) is 0 Å². The standard InChI is InChI=1S/C7H12N2O/c1-3-9-6(2)8-4-7(9)5-10/h4,10H,3,5H2,1-2H3. The summed E-state index contributed by atoms with van der Waals surface area (Å²) in [5, 5.41) is 8.80. The lowest BCUT2D eigenvalue weighted by Crippen LogP contribution is -2.01. The number of nitrogens with zero attached hydrogens (tertiary/aromatic N) is 2. The van der Waals surface area contributed by atoms with Crippen molar-refractivity contribution in [2.75, 3.05) is 0 Å². The van der Waals surface area contributed by atoms with Crippen LogP contribution in [0.4, 0.5) is 0 Å². The Morgan fingerprint density at radius 1 is 1.70 bits per heavy atom.